The van der Waals surface area contributed by atoms with Crippen molar-refractivity contribution < 1.29 is 96.4 Å². The molecule has 0 bridgehead atoms. The first-order valence-corrected chi connectivity index (χ1v) is 3.27. The van der Waals surface area contributed by atoms with Gasteiger partial charge in [0, 0.05) is 12.4 Å². The predicted octanol–water partition coefficient (Wildman–Crippen LogP) is -3.18. The van der Waals surface area contributed by atoms with Gasteiger partial charge < -0.3 is 9.90 Å². The summed E-state index contributed by atoms with van der Waals surface area (Å²) in [5.74, 6) is -8.46. The molecule has 1 aromatic heterocycles. The Labute approximate surface area is 140 Å². The maximum Gasteiger partial charge on any atom is 1.00 e. The average Bonchev–Trinajstić information content (AvgIpc) is 2.55. The van der Waals surface area contributed by atoms with Crippen molar-refractivity contribution in [2.75, 3.05) is 0 Å². The van der Waals surface area contributed by atoms with Gasteiger partial charge >= 0.3 is 80.9 Å². The largest absolute Gasteiger partial charge is 1.00 e. The number of hydrogen-bond donors (Lipinski definition) is 0. The molecular formula is C6H3CsF4N2O2. The molecule has 4 nitrogen and oxygen atoms in total. The van der Waals surface area contributed by atoms with Gasteiger partial charge in [0.15, 0.2) is 0 Å². The van der Waals surface area contributed by atoms with Gasteiger partial charge in [0.1, 0.15) is 5.97 Å². The van der Waals surface area contributed by atoms with Crippen LogP contribution in [0.3, 0.4) is 0 Å². The Morgan fingerprint density at radius 1 is 1.33 bits per heavy atom. The Bertz CT molecular complexity index is 341. The zero-order valence-corrected chi connectivity index (χ0v) is 13.7. The van der Waals surface area contributed by atoms with Crippen LogP contribution in [0.4, 0.5) is 17.6 Å². The second-order valence-electron chi connectivity index (χ2n) is 2.35. The number of rotatable bonds is 3. The van der Waals surface area contributed by atoms with E-state index in [1.54, 1.807) is 0 Å². The topological polar surface area (TPSA) is 57.9 Å². The number of carbonyl (C=O) groups excluding carboxylic acids is 1. The molecule has 0 amide bonds. The van der Waals surface area contributed by atoms with Gasteiger partial charge in [0.05, 0.1) is 0 Å². The fourth-order valence-corrected chi connectivity index (χ4v) is 0.702. The molecule has 1 heterocycles. The Hall–Kier alpha value is 0.452. The van der Waals surface area contributed by atoms with Gasteiger partial charge in [-0.1, -0.05) is 0 Å². The molecule has 0 saturated heterocycles. The number of carboxylic acids is 1. The van der Waals surface area contributed by atoms with Crippen molar-refractivity contribution in [1.82, 2.24) is 9.78 Å². The Morgan fingerprint density at radius 2 is 1.87 bits per heavy atom. The molecule has 0 unspecified atom stereocenters. The van der Waals surface area contributed by atoms with Crippen molar-refractivity contribution >= 4 is 5.97 Å². The molecule has 0 fully saturated rings. The second-order valence-corrected chi connectivity index (χ2v) is 2.35. The molecule has 0 saturated carbocycles. The molecule has 0 aromatic carbocycles. The van der Waals surface area contributed by atoms with E-state index in [0.717, 1.165) is 12.3 Å². The van der Waals surface area contributed by atoms with Crippen LogP contribution in [0.25, 0.3) is 0 Å². The normalized spacial score (nSPS) is 12.0. The summed E-state index contributed by atoms with van der Waals surface area (Å²) >= 11 is 0. The minimum Gasteiger partial charge on any atom is -0.544 e. The molecular weight excluding hydrogens is 341 g/mol. The van der Waals surface area contributed by atoms with Gasteiger partial charge in [-0.15, -0.1) is 0 Å². The number of alkyl halides is 4. The minimum atomic E-state index is -5.31. The number of hydrogen-bond acceptors (Lipinski definition) is 3. The van der Waals surface area contributed by atoms with E-state index in [0.29, 0.717) is 6.20 Å². The van der Waals surface area contributed by atoms with E-state index in [1.165, 1.54) is 0 Å². The van der Waals surface area contributed by atoms with E-state index in [2.05, 4.69) is 5.10 Å². The van der Waals surface area contributed by atoms with Gasteiger partial charge in [-0.25, -0.2) is 4.68 Å². The summed E-state index contributed by atoms with van der Waals surface area (Å²) in [6, 6.07) is -3.99. The van der Waals surface area contributed by atoms with Crippen molar-refractivity contribution in [1.29, 1.82) is 0 Å². The van der Waals surface area contributed by atoms with E-state index in [-0.39, 0.29) is 68.9 Å². The van der Waals surface area contributed by atoms with E-state index in [9.17, 15) is 27.5 Å². The van der Waals surface area contributed by atoms with Gasteiger partial charge in [-0.2, -0.15) is 22.7 Å². The van der Waals surface area contributed by atoms with E-state index >= 15 is 0 Å². The number of nitrogens with zero attached hydrogens (tertiary/aromatic N) is 2. The van der Waals surface area contributed by atoms with Crippen molar-refractivity contribution in [3.63, 3.8) is 0 Å². The Morgan fingerprint density at radius 3 is 2.20 bits per heavy atom. The maximum absolute atomic E-state index is 12.7. The third-order valence-corrected chi connectivity index (χ3v) is 1.43. The number of carbonyl (C=O) groups is 1. The molecule has 0 aliphatic carbocycles. The second kappa shape index (κ2) is 5.19. The standard InChI is InChI=1S/C6H4F4N2O2.Cs/c7-5(8,4(13)14)6(9,10)12-3-1-2-11-12;/h1-3H,(H,13,14);/q;+1/p-1. The zero-order chi connectivity index (χ0) is 11.0. The molecule has 9 heteroatoms. The Balaban J connectivity index is 0.00000196. The molecule has 78 valence electrons. The summed E-state index contributed by atoms with van der Waals surface area (Å²) in [7, 11) is 0. The van der Waals surface area contributed by atoms with E-state index in [1.807, 2.05) is 0 Å². The van der Waals surface area contributed by atoms with Crippen molar-refractivity contribution in [3.05, 3.63) is 18.5 Å². The van der Waals surface area contributed by atoms with Gasteiger partial charge in [0.25, 0.3) is 0 Å². The first kappa shape index (κ1) is 15.5. The summed E-state index contributed by atoms with van der Waals surface area (Å²) in [5, 5.41) is 12.6. The zero-order valence-electron chi connectivity index (χ0n) is 7.45. The summed E-state index contributed by atoms with van der Waals surface area (Å²) in [6.45, 7) is 0. The summed E-state index contributed by atoms with van der Waals surface area (Å²) in [5.41, 5.74) is 0. The summed E-state index contributed by atoms with van der Waals surface area (Å²) < 4.78 is 49.9. The van der Waals surface area contributed by atoms with Gasteiger partial charge in [-0.3, -0.25) is 0 Å². The molecule has 1 rings (SSSR count). The third kappa shape index (κ3) is 2.77. The molecule has 1 aromatic rings. The average molecular weight is 344 g/mol. The molecule has 0 radical (unpaired) electrons. The van der Waals surface area contributed by atoms with Gasteiger partial charge in [-0.05, 0) is 6.07 Å². The van der Waals surface area contributed by atoms with Crippen LogP contribution in [0.1, 0.15) is 0 Å². The molecule has 0 N–H and O–H groups in total. The summed E-state index contributed by atoms with van der Waals surface area (Å²) in [4.78, 5) is 9.78. The van der Waals surface area contributed by atoms with Crippen LogP contribution < -0.4 is 74.0 Å². The van der Waals surface area contributed by atoms with Crippen LogP contribution in [0, 0.1) is 0 Å². The SMILES string of the molecule is O=C([O-])C(F)(F)C(F)(F)n1cccn1.[Cs+]. The number of aromatic nitrogens is 2. The van der Waals surface area contributed by atoms with Crippen molar-refractivity contribution in [2.45, 2.75) is 12.0 Å². The first-order chi connectivity index (χ1) is 6.30. The van der Waals surface area contributed by atoms with Crippen molar-refractivity contribution in [3.8, 4) is 0 Å². The van der Waals surface area contributed by atoms with Gasteiger partial charge in [0.2, 0.25) is 0 Å². The first-order valence-electron chi connectivity index (χ1n) is 3.27. The molecule has 0 aliphatic heterocycles. The molecule has 15 heavy (non-hydrogen) atoms. The Kier molecular flexibility index (Phi) is 5.34. The number of halogens is 4. The van der Waals surface area contributed by atoms with Crippen LogP contribution in [0.5, 0.6) is 0 Å². The smallest absolute Gasteiger partial charge is 0.544 e. The van der Waals surface area contributed by atoms with Crippen LogP contribution in [0.15, 0.2) is 18.5 Å². The summed E-state index contributed by atoms with van der Waals surface area (Å²) in [6.07, 6.45) is 1.34. The van der Waals surface area contributed by atoms with Crippen LogP contribution in [-0.4, -0.2) is 21.7 Å². The van der Waals surface area contributed by atoms with Crippen LogP contribution in [-0.2, 0) is 10.8 Å². The number of carboxylic acid groups (broad SMARTS) is 1. The number of aliphatic carboxylic acids is 1. The maximum atomic E-state index is 12.7. The van der Waals surface area contributed by atoms with Crippen LogP contribution >= 0.6 is 0 Å². The predicted molar refractivity (Wildman–Crippen MR) is 32.4 cm³/mol. The molecule has 0 spiro atoms. The van der Waals surface area contributed by atoms with Crippen LogP contribution in [0.2, 0.25) is 0 Å². The molecule has 0 aliphatic rings. The quantitative estimate of drug-likeness (QED) is 0.544. The van der Waals surface area contributed by atoms with Crippen molar-refractivity contribution in [2.24, 2.45) is 0 Å². The monoisotopic (exact) mass is 344 g/mol. The minimum absolute atomic E-state index is 0. The van der Waals surface area contributed by atoms with E-state index in [4.69, 9.17) is 0 Å². The third-order valence-electron chi connectivity index (χ3n) is 1.43. The fraction of sp³-hybridized carbons (Fsp3) is 0.333. The van der Waals surface area contributed by atoms with E-state index < -0.39 is 22.6 Å². The fourth-order valence-electron chi connectivity index (χ4n) is 0.702. The molecule has 0 atom stereocenters.